The number of anilines is 1. The summed E-state index contributed by atoms with van der Waals surface area (Å²) in [6, 6.07) is 5.73. The smallest absolute Gasteiger partial charge is 0.107 e. The molecule has 0 spiro atoms. The van der Waals surface area contributed by atoms with E-state index in [2.05, 4.69) is 0 Å². The number of nitrogens with zero attached hydrogens (tertiary/aromatic N) is 1. The van der Waals surface area contributed by atoms with Crippen LogP contribution in [-0.2, 0) is 0 Å². The summed E-state index contributed by atoms with van der Waals surface area (Å²) in [5, 5.41) is 0.725. The average Bonchev–Trinajstić information content (AvgIpc) is 2.10. The highest BCUT2D eigenvalue weighted by molar-refractivity contribution is 6.31. The maximum atomic E-state index is 12.0. The first-order valence-corrected chi connectivity index (χ1v) is 4.56. The van der Waals surface area contributed by atoms with E-state index in [1.54, 1.807) is 0 Å². The number of aryl methyl sites for hydroxylation is 1. The Bertz CT molecular complexity index is 288. The predicted octanol–water partition coefficient (Wildman–Crippen LogP) is 3.05. The van der Waals surface area contributed by atoms with E-state index in [0.717, 1.165) is 16.3 Å². The van der Waals surface area contributed by atoms with Gasteiger partial charge < -0.3 is 4.90 Å². The van der Waals surface area contributed by atoms with Crippen LogP contribution in [0.1, 0.15) is 5.56 Å². The van der Waals surface area contributed by atoms with Gasteiger partial charge >= 0.3 is 0 Å². The van der Waals surface area contributed by atoms with Crippen molar-refractivity contribution in [3.8, 4) is 0 Å². The van der Waals surface area contributed by atoms with Crippen LogP contribution in [0.5, 0.6) is 0 Å². The third-order valence-corrected chi connectivity index (χ3v) is 2.42. The zero-order valence-corrected chi connectivity index (χ0v) is 8.61. The predicted molar refractivity (Wildman–Crippen MR) is 55.4 cm³/mol. The van der Waals surface area contributed by atoms with Crippen LogP contribution in [0.25, 0.3) is 0 Å². The number of benzene rings is 1. The van der Waals surface area contributed by atoms with Gasteiger partial charge in [0.15, 0.2) is 0 Å². The van der Waals surface area contributed by atoms with Gasteiger partial charge in [-0.05, 0) is 24.6 Å². The van der Waals surface area contributed by atoms with Crippen molar-refractivity contribution in [3.63, 3.8) is 0 Å². The fraction of sp³-hybridized carbons (Fsp3) is 0.400. The molecular weight excluding hydrogens is 189 g/mol. The molecule has 0 saturated heterocycles. The van der Waals surface area contributed by atoms with Crippen LogP contribution in [0.15, 0.2) is 18.2 Å². The Balaban J connectivity index is 2.84. The molecule has 1 aromatic rings. The van der Waals surface area contributed by atoms with Crippen molar-refractivity contribution >= 4 is 17.3 Å². The molecule has 0 heterocycles. The molecule has 0 atom stereocenters. The lowest BCUT2D eigenvalue weighted by Crippen LogP contribution is -2.19. The lowest BCUT2D eigenvalue weighted by Gasteiger charge is -2.17. The van der Waals surface area contributed by atoms with Crippen LogP contribution < -0.4 is 4.90 Å². The molecule has 0 bridgehead atoms. The molecule has 0 saturated carbocycles. The van der Waals surface area contributed by atoms with E-state index in [1.807, 2.05) is 37.1 Å². The van der Waals surface area contributed by atoms with Gasteiger partial charge in [-0.3, -0.25) is 0 Å². The summed E-state index contributed by atoms with van der Waals surface area (Å²) in [5.41, 5.74) is 1.99. The van der Waals surface area contributed by atoms with E-state index in [-0.39, 0.29) is 6.67 Å². The van der Waals surface area contributed by atoms with Gasteiger partial charge in [-0.1, -0.05) is 17.7 Å². The van der Waals surface area contributed by atoms with E-state index in [9.17, 15) is 4.39 Å². The normalized spacial score (nSPS) is 10.2. The summed E-state index contributed by atoms with van der Waals surface area (Å²) < 4.78 is 12.0. The molecule has 0 radical (unpaired) electrons. The molecule has 1 aromatic carbocycles. The van der Waals surface area contributed by atoms with Crippen LogP contribution in [0.4, 0.5) is 10.1 Å². The largest absolute Gasteiger partial charge is 0.372 e. The first-order chi connectivity index (χ1) is 6.15. The number of rotatable bonds is 3. The zero-order chi connectivity index (χ0) is 9.84. The molecule has 0 unspecified atom stereocenters. The standard InChI is InChI=1S/C10H13ClFN/c1-8-3-4-9(7-10(8)11)13(2)6-5-12/h3-4,7H,5-6H2,1-2H3. The maximum absolute atomic E-state index is 12.0. The fourth-order valence-electron chi connectivity index (χ4n) is 1.08. The molecule has 72 valence electrons. The minimum atomic E-state index is -0.345. The topological polar surface area (TPSA) is 3.24 Å². The van der Waals surface area contributed by atoms with Crippen molar-refractivity contribution < 1.29 is 4.39 Å². The van der Waals surface area contributed by atoms with Gasteiger partial charge in [-0.25, -0.2) is 4.39 Å². The molecule has 0 fully saturated rings. The Kier molecular flexibility index (Phi) is 3.55. The second kappa shape index (κ2) is 4.47. The molecule has 0 aliphatic rings. The lowest BCUT2D eigenvalue weighted by atomic mass is 10.2. The fourth-order valence-corrected chi connectivity index (χ4v) is 1.25. The summed E-state index contributed by atoms with van der Waals surface area (Å²) in [5.74, 6) is 0. The van der Waals surface area contributed by atoms with E-state index >= 15 is 0 Å². The van der Waals surface area contributed by atoms with Crippen molar-refractivity contribution in [2.24, 2.45) is 0 Å². The second-order valence-corrected chi connectivity index (χ2v) is 3.45. The number of alkyl halides is 1. The molecular formula is C10H13ClFN. The van der Waals surface area contributed by atoms with Gasteiger partial charge in [-0.15, -0.1) is 0 Å². The summed E-state index contributed by atoms with van der Waals surface area (Å²) >= 11 is 5.94. The monoisotopic (exact) mass is 201 g/mol. The Morgan fingerprint density at radius 2 is 2.15 bits per heavy atom. The molecule has 0 aromatic heterocycles. The van der Waals surface area contributed by atoms with Crippen LogP contribution in [-0.4, -0.2) is 20.3 Å². The molecule has 1 nitrogen and oxygen atoms in total. The molecule has 0 N–H and O–H groups in total. The van der Waals surface area contributed by atoms with Crippen molar-refractivity contribution in [2.45, 2.75) is 6.92 Å². The van der Waals surface area contributed by atoms with Crippen LogP contribution in [0.2, 0.25) is 5.02 Å². The summed E-state index contributed by atoms with van der Waals surface area (Å²) in [6.07, 6.45) is 0. The second-order valence-electron chi connectivity index (χ2n) is 3.04. The minimum absolute atomic E-state index is 0.345. The van der Waals surface area contributed by atoms with E-state index < -0.39 is 0 Å². The highest BCUT2D eigenvalue weighted by Crippen LogP contribution is 2.21. The van der Waals surface area contributed by atoms with E-state index in [0.29, 0.717) is 6.54 Å². The molecule has 0 amide bonds. The van der Waals surface area contributed by atoms with E-state index in [4.69, 9.17) is 11.6 Å². The Morgan fingerprint density at radius 1 is 1.46 bits per heavy atom. The Morgan fingerprint density at radius 3 is 2.69 bits per heavy atom. The van der Waals surface area contributed by atoms with Gasteiger partial charge in [0.1, 0.15) is 6.67 Å². The third kappa shape index (κ3) is 2.59. The highest BCUT2D eigenvalue weighted by Gasteiger charge is 2.02. The Labute approximate surface area is 83.1 Å². The van der Waals surface area contributed by atoms with Crippen molar-refractivity contribution in [1.82, 2.24) is 0 Å². The number of halogens is 2. The van der Waals surface area contributed by atoms with Crippen LogP contribution in [0.3, 0.4) is 0 Å². The average molecular weight is 202 g/mol. The number of hydrogen-bond acceptors (Lipinski definition) is 1. The first-order valence-electron chi connectivity index (χ1n) is 4.18. The van der Waals surface area contributed by atoms with Gasteiger partial charge in [0, 0.05) is 24.3 Å². The first kappa shape index (κ1) is 10.3. The molecule has 3 heteroatoms. The molecule has 0 aliphatic heterocycles. The van der Waals surface area contributed by atoms with Crippen molar-refractivity contribution in [2.75, 3.05) is 25.2 Å². The van der Waals surface area contributed by atoms with Crippen LogP contribution in [0, 0.1) is 6.92 Å². The van der Waals surface area contributed by atoms with Crippen molar-refractivity contribution in [3.05, 3.63) is 28.8 Å². The van der Waals surface area contributed by atoms with Gasteiger partial charge in [-0.2, -0.15) is 0 Å². The molecule has 13 heavy (non-hydrogen) atoms. The quantitative estimate of drug-likeness (QED) is 0.727. The van der Waals surface area contributed by atoms with Crippen molar-refractivity contribution in [1.29, 1.82) is 0 Å². The highest BCUT2D eigenvalue weighted by atomic mass is 35.5. The SMILES string of the molecule is Cc1ccc(N(C)CCF)cc1Cl. The summed E-state index contributed by atoms with van der Waals surface area (Å²) in [7, 11) is 1.85. The van der Waals surface area contributed by atoms with Gasteiger partial charge in [0.25, 0.3) is 0 Å². The minimum Gasteiger partial charge on any atom is -0.372 e. The van der Waals surface area contributed by atoms with Gasteiger partial charge in [0.2, 0.25) is 0 Å². The summed E-state index contributed by atoms with van der Waals surface area (Å²) in [6.45, 7) is 2.00. The number of hydrogen-bond donors (Lipinski definition) is 0. The maximum Gasteiger partial charge on any atom is 0.107 e. The third-order valence-electron chi connectivity index (χ3n) is 2.02. The Hall–Kier alpha value is -0.760. The summed E-state index contributed by atoms with van der Waals surface area (Å²) in [4.78, 5) is 1.84. The van der Waals surface area contributed by atoms with Gasteiger partial charge in [0.05, 0.1) is 0 Å². The van der Waals surface area contributed by atoms with Crippen LogP contribution >= 0.6 is 11.6 Å². The van der Waals surface area contributed by atoms with E-state index in [1.165, 1.54) is 0 Å². The zero-order valence-electron chi connectivity index (χ0n) is 7.85. The molecule has 1 rings (SSSR count). The molecule has 0 aliphatic carbocycles. The lowest BCUT2D eigenvalue weighted by molar-refractivity contribution is 0.497.